The highest BCUT2D eigenvalue weighted by Crippen LogP contribution is 2.20. The van der Waals surface area contributed by atoms with E-state index in [1.807, 2.05) is 25.1 Å². The van der Waals surface area contributed by atoms with Crippen LogP contribution in [0.25, 0.3) is 0 Å². The molecule has 0 aliphatic carbocycles. The number of ether oxygens (including phenoxy) is 1. The van der Waals surface area contributed by atoms with E-state index < -0.39 is 5.91 Å². The van der Waals surface area contributed by atoms with Gasteiger partial charge in [-0.1, -0.05) is 17.7 Å². The Labute approximate surface area is 89.2 Å². The first-order valence-corrected chi connectivity index (χ1v) is 4.84. The zero-order valence-corrected chi connectivity index (χ0v) is 8.82. The minimum Gasteiger partial charge on any atom is -0.484 e. The van der Waals surface area contributed by atoms with Crippen molar-refractivity contribution in [1.82, 2.24) is 0 Å². The number of primary amides is 1. The number of hydrogen-bond donors (Lipinski definition) is 2. The summed E-state index contributed by atoms with van der Waals surface area (Å²) in [5.41, 5.74) is 12.7. The smallest absolute Gasteiger partial charge is 0.255 e. The quantitative estimate of drug-likeness (QED) is 0.733. The first-order chi connectivity index (χ1) is 7.13. The van der Waals surface area contributed by atoms with Gasteiger partial charge in [0.15, 0.2) is 6.61 Å². The van der Waals surface area contributed by atoms with Crippen molar-refractivity contribution in [2.24, 2.45) is 11.5 Å². The summed E-state index contributed by atoms with van der Waals surface area (Å²) in [6.45, 7) is 2.45. The zero-order valence-electron chi connectivity index (χ0n) is 8.82. The Morgan fingerprint density at radius 2 is 2.20 bits per heavy atom. The molecule has 0 saturated carbocycles. The van der Waals surface area contributed by atoms with Crippen molar-refractivity contribution < 1.29 is 9.53 Å². The molecule has 4 nitrogen and oxygen atoms in total. The molecule has 0 spiro atoms. The van der Waals surface area contributed by atoms with Gasteiger partial charge in [-0.05, 0) is 31.5 Å². The molecular weight excluding hydrogens is 192 g/mol. The molecule has 4 heteroatoms. The third-order valence-corrected chi connectivity index (χ3v) is 2.00. The topological polar surface area (TPSA) is 78.3 Å². The third kappa shape index (κ3) is 3.59. The van der Waals surface area contributed by atoms with E-state index in [4.69, 9.17) is 16.2 Å². The van der Waals surface area contributed by atoms with Gasteiger partial charge in [-0.15, -0.1) is 0 Å². The molecule has 0 fully saturated rings. The van der Waals surface area contributed by atoms with Crippen LogP contribution >= 0.6 is 0 Å². The van der Waals surface area contributed by atoms with E-state index in [-0.39, 0.29) is 6.61 Å². The lowest BCUT2D eigenvalue weighted by atomic mass is 10.1. The lowest BCUT2D eigenvalue weighted by Crippen LogP contribution is -2.20. The van der Waals surface area contributed by atoms with Gasteiger partial charge in [0, 0.05) is 0 Å². The number of carbonyl (C=O) groups is 1. The molecule has 0 unspecified atom stereocenters. The van der Waals surface area contributed by atoms with Crippen molar-refractivity contribution in [2.75, 3.05) is 13.2 Å². The number of rotatable bonds is 5. The van der Waals surface area contributed by atoms with Crippen LogP contribution in [0, 0.1) is 6.92 Å². The molecular formula is C11H16N2O2. The highest BCUT2D eigenvalue weighted by Gasteiger charge is 2.04. The number of hydrogen-bond acceptors (Lipinski definition) is 3. The molecule has 1 amide bonds. The van der Waals surface area contributed by atoms with Crippen molar-refractivity contribution in [3.8, 4) is 5.75 Å². The molecule has 0 aliphatic rings. The van der Waals surface area contributed by atoms with Crippen molar-refractivity contribution in [3.05, 3.63) is 29.3 Å². The van der Waals surface area contributed by atoms with Gasteiger partial charge >= 0.3 is 0 Å². The van der Waals surface area contributed by atoms with Gasteiger partial charge < -0.3 is 16.2 Å². The number of aryl methyl sites for hydroxylation is 1. The van der Waals surface area contributed by atoms with Gasteiger partial charge in [0.2, 0.25) is 0 Å². The first-order valence-electron chi connectivity index (χ1n) is 4.84. The lowest BCUT2D eigenvalue weighted by molar-refractivity contribution is -0.119. The molecule has 1 rings (SSSR count). The molecule has 1 aromatic carbocycles. The highest BCUT2D eigenvalue weighted by molar-refractivity contribution is 5.75. The molecule has 0 radical (unpaired) electrons. The average Bonchev–Trinajstić information content (AvgIpc) is 2.17. The third-order valence-electron chi connectivity index (χ3n) is 2.00. The fourth-order valence-electron chi connectivity index (χ4n) is 1.35. The summed E-state index contributed by atoms with van der Waals surface area (Å²) in [7, 11) is 0. The van der Waals surface area contributed by atoms with Crippen LogP contribution in [0.4, 0.5) is 0 Å². The van der Waals surface area contributed by atoms with Crippen LogP contribution in [-0.4, -0.2) is 19.1 Å². The Kier molecular flexibility index (Phi) is 4.12. The molecule has 0 saturated heterocycles. The molecule has 0 atom stereocenters. The van der Waals surface area contributed by atoms with E-state index in [9.17, 15) is 4.79 Å². The van der Waals surface area contributed by atoms with Crippen molar-refractivity contribution in [3.63, 3.8) is 0 Å². The Bertz CT molecular complexity index is 350. The van der Waals surface area contributed by atoms with Crippen LogP contribution in [0.15, 0.2) is 18.2 Å². The van der Waals surface area contributed by atoms with E-state index in [1.54, 1.807) is 0 Å². The van der Waals surface area contributed by atoms with E-state index >= 15 is 0 Å². The van der Waals surface area contributed by atoms with Crippen LogP contribution < -0.4 is 16.2 Å². The SMILES string of the molecule is Cc1ccc(OCC(N)=O)c(CCN)c1. The molecule has 15 heavy (non-hydrogen) atoms. The second-order valence-electron chi connectivity index (χ2n) is 3.40. The minimum atomic E-state index is -0.478. The van der Waals surface area contributed by atoms with Gasteiger partial charge in [-0.3, -0.25) is 4.79 Å². The van der Waals surface area contributed by atoms with Crippen LogP contribution in [0.2, 0.25) is 0 Å². The first kappa shape index (κ1) is 11.5. The molecule has 0 aliphatic heterocycles. The van der Waals surface area contributed by atoms with Gasteiger partial charge in [0.1, 0.15) is 5.75 Å². The number of nitrogens with two attached hydrogens (primary N) is 2. The van der Waals surface area contributed by atoms with Gasteiger partial charge in [-0.2, -0.15) is 0 Å². The predicted molar refractivity (Wildman–Crippen MR) is 58.6 cm³/mol. The summed E-state index contributed by atoms with van der Waals surface area (Å²) in [6, 6.07) is 5.77. The van der Waals surface area contributed by atoms with Crippen LogP contribution in [0.5, 0.6) is 5.75 Å². The predicted octanol–water partition coefficient (Wildman–Crippen LogP) is 0.360. The summed E-state index contributed by atoms with van der Waals surface area (Å²) in [5.74, 6) is 0.208. The van der Waals surface area contributed by atoms with Crippen molar-refractivity contribution >= 4 is 5.91 Å². The van der Waals surface area contributed by atoms with Crippen molar-refractivity contribution in [2.45, 2.75) is 13.3 Å². The normalized spacial score (nSPS) is 10.0. The minimum absolute atomic E-state index is 0.0966. The van der Waals surface area contributed by atoms with E-state index in [1.165, 1.54) is 0 Å². The van der Waals surface area contributed by atoms with Crippen LogP contribution in [0.3, 0.4) is 0 Å². The maximum atomic E-state index is 10.6. The molecule has 0 heterocycles. The standard InChI is InChI=1S/C11H16N2O2/c1-8-2-3-10(15-7-11(13)14)9(6-8)4-5-12/h2-3,6H,4-5,7,12H2,1H3,(H2,13,14). The van der Waals surface area contributed by atoms with E-state index in [2.05, 4.69) is 0 Å². The van der Waals surface area contributed by atoms with Crippen LogP contribution in [0.1, 0.15) is 11.1 Å². The Morgan fingerprint density at radius 3 is 2.80 bits per heavy atom. The van der Waals surface area contributed by atoms with Gasteiger partial charge in [0.25, 0.3) is 5.91 Å². The summed E-state index contributed by atoms with van der Waals surface area (Å²) in [4.78, 5) is 10.6. The summed E-state index contributed by atoms with van der Waals surface area (Å²) < 4.78 is 5.28. The summed E-state index contributed by atoms with van der Waals surface area (Å²) in [5, 5.41) is 0. The molecule has 0 aromatic heterocycles. The molecule has 1 aromatic rings. The van der Waals surface area contributed by atoms with Crippen LogP contribution in [-0.2, 0) is 11.2 Å². The molecule has 0 bridgehead atoms. The molecule has 82 valence electrons. The maximum absolute atomic E-state index is 10.6. The fraction of sp³-hybridized carbons (Fsp3) is 0.364. The monoisotopic (exact) mass is 208 g/mol. The van der Waals surface area contributed by atoms with Crippen molar-refractivity contribution in [1.29, 1.82) is 0 Å². The maximum Gasteiger partial charge on any atom is 0.255 e. The van der Waals surface area contributed by atoms with Gasteiger partial charge in [-0.25, -0.2) is 0 Å². The number of carbonyl (C=O) groups excluding carboxylic acids is 1. The Balaban J connectivity index is 2.80. The molecule has 4 N–H and O–H groups in total. The largest absolute Gasteiger partial charge is 0.484 e. The highest BCUT2D eigenvalue weighted by atomic mass is 16.5. The summed E-state index contributed by atoms with van der Waals surface area (Å²) in [6.07, 6.45) is 0.732. The zero-order chi connectivity index (χ0) is 11.3. The average molecular weight is 208 g/mol. The lowest BCUT2D eigenvalue weighted by Gasteiger charge is -2.10. The second kappa shape index (κ2) is 5.36. The van der Waals surface area contributed by atoms with E-state index in [0.29, 0.717) is 12.3 Å². The Hall–Kier alpha value is -1.55. The van der Waals surface area contributed by atoms with E-state index in [0.717, 1.165) is 17.5 Å². The summed E-state index contributed by atoms with van der Waals surface area (Å²) >= 11 is 0. The van der Waals surface area contributed by atoms with Gasteiger partial charge in [0.05, 0.1) is 0 Å². The Morgan fingerprint density at radius 1 is 1.47 bits per heavy atom. The second-order valence-corrected chi connectivity index (χ2v) is 3.40. The number of benzene rings is 1. The fourth-order valence-corrected chi connectivity index (χ4v) is 1.35. The number of amides is 1.